The molecule has 0 aromatic heterocycles. The molecule has 0 aliphatic carbocycles. The summed E-state index contributed by atoms with van der Waals surface area (Å²) < 4.78 is 0. The van der Waals surface area contributed by atoms with E-state index in [1.807, 2.05) is 0 Å². The van der Waals surface area contributed by atoms with E-state index in [0.717, 1.165) is 5.69 Å². The molecule has 1 aromatic rings. The average molecular weight is 582 g/mol. The third-order valence-corrected chi connectivity index (χ3v) is 9.18. The molecule has 0 aliphatic heterocycles. The summed E-state index contributed by atoms with van der Waals surface area (Å²) in [5.74, 6) is 0. The van der Waals surface area contributed by atoms with E-state index in [9.17, 15) is 0 Å². The van der Waals surface area contributed by atoms with Crippen LogP contribution in [0.5, 0.6) is 0 Å². The molecule has 0 fully saturated rings. The predicted octanol–water partition coefficient (Wildman–Crippen LogP) is 15.3. The first-order chi connectivity index (χ1) is 20.9. The molecule has 0 heterocycles. The summed E-state index contributed by atoms with van der Waals surface area (Å²) in [6, 6.07) is 10.7. The molecule has 1 nitrogen and oxygen atoms in total. The van der Waals surface area contributed by atoms with Gasteiger partial charge in [-0.2, -0.15) is 0 Å². The van der Waals surface area contributed by atoms with Crippen LogP contribution in [0.3, 0.4) is 0 Å². The molecule has 42 heavy (non-hydrogen) atoms. The summed E-state index contributed by atoms with van der Waals surface area (Å²) >= 11 is 0. The molecule has 244 valence electrons. The summed E-state index contributed by atoms with van der Waals surface area (Å²) in [7, 11) is 0. The molecule has 0 spiro atoms. The van der Waals surface area contributed by atoms with E-state index in [-0.39, 0.29) is 0 Å². The molecule has 0 bridgehead atoms. The fourth-order valence-corrected chi connectivity index (χ4v) is 6.32. The van der Waals surface area contributed by atoms with Crippen LogP contribution in [0, 0.1) is 0 Å². The lowest BCUT2D eigenvalue weighted by Crippen LogP contribution is -1.99. The zero-order valence-corrected chi connectivity index (χ0v) is 29.0. The summed E-state index contributed by atoms with van der Waals surface area (Å²) in [6.45, 7) is 4.61. The standard InChI is InChI=1S/C41H75N/c1-3-5-7-9-11-13-15-17-19-21-23-25-27-29-32-36-40(42-41-38-34-31-35-39-41)37-33-30-28-26-24-22-20-18-16-14-12-10-8-6-4-2/h31,34-35,38-39H,3-30,32-33,36-37H2,1-2H3. The quantitative estimate of drug-likeness (QED) is 0.0578. The Bertz CT molecular complexity index is 627. The first kappa shape index (κ1) is 38.9. The van der Waals surface area contributed by atoms with E-state index >= 15 is 0 Å². The van der Waals surface area contributed by atoms with Gasteiger partial charge in [-0.1, -0.05) is 212 Å². The number of hydrogen-bond acceptors (Lipinski definition) is 1. The Labute approximate surface area is 265 Å². The van der Waals surface area contributed by atoms with Crippen LogP contribution in [0.4, 0.5) is 5.69 Å². The molecule has 1 aromatic carbocycles. The smallest absolute Gasteiger partial charge is 0.0629 e. The number of nitrogens with zero attached hydrogens (tertiary/aromatic N) is 1. The van der Waals surface area contributed by atoms with Crippen molar-refractivity contribution >= 4 is 11.4 Å². The van der Waals surface area contributed by atoms with Crippen LogP contribution < -0.4 is 0 Å². The maximum atomic E-state index is 5.08. The third kappa shape index (κ3) is 27.7. The van der Waals surface area contributed by atoms with Crippen molar-refractivity contribution in [2.45, 2.75) is 219 Å². The maximum Gasteiger partial charge on any atom is 0.0629 e. The molecule has 0 unspecified atom stereocenters. The fraction of sp³-hybridized carbons (Fsp3) is 0.829. The molecule has 0 radical (unpaired) electrons. The van der Waals surface area contributed by atoms with Gasteiger partial charge in [0.25, 0.3) is 0 Å². The van der Waals surface area contributed by atoms with Gasteiger partial charge >= 0.3 is 0 Å². The molecule has 0 N–H and O–H groups in total. The minimum atomic E-state index is 1.15. The second kappa shape index (κ2) is 32.8. The topological polar surface area (TPSA) is 12.4 Å². The molecule has 0 atom stereocenters. The highest BCUT2D eigenvalue weighted by Gasteiger charge is 2.03. The Morgan fingerprint density at radius 3 is 0.905 bits per heavy atom. The van der Waals surface area contributed by atoms with Crippen molar-refractivity contribution in [2.24, 2.45) is 4.99 Å². The van der Waals surface area contributed by atoms with Crippen molar-refractivity contribution in [3.63, 3.8) is 0 Å². The van der Waals surface area contributed by atoms with Crippen LogP contribution in [-0.4, -0.2) is 5.71 Å². The van der Waals surface area contributed by atoms with E-state index in [1.165, 1.54) is 211 Å². The van der Waals surface area contributed by atoms with Crippen LogP contribution in [0.25, 0.3) is 0 Å². The number of benzene rings is 1. The van der Waals surface area contributed by atoms with Crippen molar-refractivity contribution in [1.82, 2.24) is 0 Å². The molecule has 0 saturated heterocycles. The largest absolute Gasteiger partial charge is 0.258 e. The van der Waals surface area contributed by atoms with Crippen molar-refractivity contribution < 1.29 is 0 Å². The van der Waals surface area contributed by atoms with Crippen molar-refractivity contribution in [3.8, 4) is 0 Å². The Kier molecular flexibility index (Phi) is 30.4. The lowest BCUT2D eigenvalue weighted by molar-refractivity contribution is 0.532. The molecular formula is C41H75N. The second-order valence-corrected chi connectivity index (χ2v) is 13.4. The Hall–Kier alpha value is -1.11. The van der Waals surface area contributed by atoms with E-state index in [4.69, 9.17) is 4.99 Å². The minimum absolute atomic E-state index is 1.15. The van der Waals surface area contributed by atoms with Crippen molar-refractivity contribution in [3.05, 3.63) is 30.3 Å². The monoisotopic (exact) mass is 582 g/mol. The van der Waals surface area contributed by atoms with Gasteiger partial charge in [0.1, 0.15) is 0 Å². The van der Waals surface area contributed by atoms with Crippen LogP contribution >= 0.6 is 0 Å². The molecule has 0 amide bonds. The van der Waals surface area contributed by atoms with E-state index in [2.05, 4.69) is 44.2 Å². The average Bonchev–Trinajstić information content (AvgIpc) is 3.01. The van der Waals surface area contributed by atoms with Crippen LogP contribution in [0.15, 0.2) is 35.3 Å². The van der Waals surface area contributed by atoms with Gasteiger partial charge in [-0.25, -0.2) is 0 Å². The highest BCUT2D eigenvalue weighted by atomic mass is 14.7. The Morgan fingerprint density at radius 1 is 0.357 bits per heavy atom. The van der Waals surface area contributed by atoms with Crippen molar-refractivity contribution in [2.75, 3.05) is 0 Å². The Balaban J connectivity index is 2.03. The van der Waals surface area contributed by atoms with Gasteiger partial charge < -0.3 is 0 Å². The normalized spacial score (nSPS) is 11.3. The zero-order valence-electron chi connectivity index (χ0n) is 29.0. The van der Waals surface area contributed by atoms with Gasteiger partial charge in [0, 0.05) is 5.71 Å². The lowest BCUT2D eigenvalue weighted by Gasteiger charge is -2.08. The maximum absolute atomic E-state index is 5.08. The first-order valence-electron chi connectivity index (χ1n) is 19.5. The summed E-state index contributed by atoms with van der Waals surface area (Å²) in [5.41, 5.74) is 2.60. The van der Waals surface area contributed by atoms with Gasteiger partial charge in [-0.15, -0.1) is 0 Å². The van der Waals surface area contributed by atoms with Gasteiger partial charge in [0.2, 0.25) is 0 Å². The van der Waals surface area contributed by atoms with E-state index in [0.29, 0.717) is 0 Å². The predicted molar refractivity (Wildman–Crippen MR) is 193 cm³/mol. The Morgan fingerprint density at radius 2 is 0.619 bits per heavy atom. The van der Waals surface area contributed by atoms with Crippen molar-refractivity contribution in [1.29, 1.82) is 0 Å². The summed E-state index contributed by atoms with van der Waals surface area (Å²) in [5, 5.41) is 0. The lowest BCUT2D eigenvalue weighted by atomic mass is 10.0. The highest BCUT2D eigenvalue weighted by molar-refractivity contribution is 5.86. The van der Waals surface area contributed by atoms with E-state index in [1.54, 1.807) is 0 Å². The number of unbranched alkanes of at least 4 members (excludes halogenated alkanes) is 28. The summed E-state index contributed by atoms with van der Waals surface area (Å²) in [4.78, 5) is 5.08. The van der Waals surface area contributed by atoms with E-state index < -0.39 is 0 Å². The number of rotatable bonds is 33. The van der Waals surface area contributed by atoms with Gasteiger partial charge in [0.05, 0.1) is 5.69 Å². The summed E-state index contributed by atoms with van der Waals surface area (Å²) in [6.07, 6.45) is 45.4. The molecule has 0 aliphatic rings. The number of hydrogen-bond donors (Lipinski definition) is 0. The zero-order chi connectivity index (χ0) is 30.0. The SMILES string of the molecule is CCCCCCCCCCCCCCCCCC(CCCCCCCCCCCCCCCCC)=Nc1ccccc1. The number of para-hydroxylation sites is 1. The molecule has 1 rings (SSSR count). The minimum Gasteiger partial charge on any atom is -0.258 e. The van der Waals surface area contributed by atoms with Gasteiger partial charge in [0.15, 0.2) is 0 Å². The van der Waals surface area contributed by atoms with Crippen LogP contribution in [0.2, 0.25) is 0 Å². The first-order valence-corrected chi connectivity index (χ1v) is 19.5. The molecule has 1 heteroatoms. The van der Waals surface area contributed by atoms with Gasteiger partial charge in [-0.05, 0) is 37.8 Å². The van der Waals surface area contributed by atoms with Crippen LogP contribution in [-0.2, 0) is 0 Å². The fourth-order valence-electron chi connectivity index (χ4n) is 6.32. The van der Waals surface area contributed by atoms with Gasteiger partial charge in [-0.3, -0.25) is 4.99 Å². The molecule has 0 saturated carbocycles. The van der Waals surface area contributed by atoms with Crippen LogP contribution in [0.1, 0.15) is 219 Å². The second-order valence-electron chi connectivity index (χ2n) is 13.4. The molecular weight excluding hydrogens is 506 g/mol. The third-order valence-electron chi connectivity index (χ3n) is 9.18. The highest BCUT2D eigenvalue weighted by Crippen LogP contribution is 2.19. The number of aliphatic imine (C=N–C) groups is 1.